The molecule has 1 aromatic heterocycles. The summed E-state index contributed by atoms with van der Waals surface area (Å²) in [6.45, 7) is 1.74. The highest BCUT2D eigenvalue weighted by Gasteiger charge is 2.11. The predicted octanol–water partition coefficient (Wildman–Crippen LogP) is -0.566. The maximum atomic E-state index is 10.9. The van der Waals surface area contributed by atoms with Gasteiger partial charge in [-0.05, 0) is 6.92 Å². The van der Waals surface area contributed by atoms with E-state index in [2.05, 4.69) is 10.4 Å². The van der Waals surface area contributed by atoms with E-state index in [9.17, 15) is 4.79 Å². The molecular formula is C6H10N4O. The highest BCUT2D eigenvalue weighted by molar-refractivity contribution is 5.79. The Labute approximate surface area is 64.2 Å². The number of carbonyl (C=O) groups is 1. The van der Waals surface area contributed by atoms with Crippen molar-refractivity contribution in [2.45, 2.75) is 13.0 Å². The van der Waals surface area contributed by atoms with Gasteiger partial charge in [0.05, 0.1) is 6.33 Å². The second-order valence-electron chi connectivity index (χ2n) is 2.19. The predicted molar refractivity (Wildman–Crippen MR) is 39.3 cm³/mol. The molecule has 1 amide bonds. The van der Waals surface area contributed by atoms with Crippen molar-refractivity contribution >= 4 is 5.91 Å². The largest absolute Gasteiger partial charge is 0.325 e. The fourth-order valence-corrected chi connectivity index (χ4v) is 0.755. The smallest absolute Gasteiger partial charge is 0.256 e. The van der Waals surface area contributed by atoms with E-state index in [4.69, 9.17) is 5.84 Å². The van der Waals surface area contributed by atoms with Crippen LogP contribution in [0, 0.1) is 0 Å². The first-order chi connectivity index (χ1) is 5.25. The van der Waals surface area contributed by atoms with Gasteiger partial charge in [0.2, 0.25) is 0 Å². The van der Waals surface area contributed by atoms with Crippen molar-refractivity contribution in [1.82, 2.24) is 15.0 Å². The van der Waals surface area contributed by atoms with Crippen LogP contribution in [0.2, 0.25) is 0 Å². The maximum absolute atomic E-state index is 10.9. The van der Waals surface area contributed by atoms with Gasteiger partial charge in [-0.1, -0.05) is 0 Å². The quantitative estimate of drug-likeness (QED) is 0.340. The lowest BCUT2D eigenvalue weighted by Crippen LogP contribution is -2.35. The first-order valence-corrected chi connectivity index (χ1v) is 3.23. The van der Waals surface area contributed by atoms with E-state index in [-0.39, 0.29) is 11.9 Å². The van der Waals surface area contributed by atoms with Gasteiger partial charge in [0.15, 0.2) is 0 Å². The van der Waals surface area contributed by atoms with Gasteiger partial charge < -0.3 is 4.57 Å². The van der Waals surface area contributed by atoms with Crippen molar-refractivity contribution in [1.29, 1.82) is 0 Å². The highest BCUT2D eigenvalue weighted by Crippen LogP contribution is 2.02. The zero-order chi connectivity index (χ0) is 8.27. The monoisotopic (exact) mass is 154 g/mol. The van der Waals surface area contributed by atoms with E-state index in [0.717, 1.165) is 0 Å². The number of aromatic nitrogens is 2. The Hall–Kier alpha value is -1.36. The second-order valence-corrected chi connectivity index (χ2v) is 2.19. The molecule has 5 heteroatoms. The Bertz CT molecular complexity index is 231. The minimum atomic E-state index is -0.303. The summed E-state index contributed by atoms with van der Waals surface area (Å²) < 4.78 is 1.67. The van der Waals surface area contributed by atoms with Gasteiger partial charge in [0.1, 0.15) is 6.04 Å². The van der Waals surface area contributed by atoms with Crippen LogP contribution in [0.3, 0.4) is 0 Å². The van der Waals surface area contributed by atoms with Crippen LogP contribution in [0.15, 0.2) is 18.7 Å². The van der Waals surface area contributed by atoms with Gasteiger partial charge in [-0.15, -0.1) is 0 Å². The van der Waals surface area contributed by atoms with E-state index in [1.807, 2.05) is 0 Å². The minimum Gasteiger partial charge on any atom is -0.325 e. The van der Waals surface area contributed by atoms with Gasteiger partial charge >= 0.3 is 0 Å². The number of nitrogens with one attached hydrogen (secondary N) is 1. The van der Waals surface area contributed by atoms with Crippen LogP contribution < -0.4 is 11.3 Å². The third-order valence-electron chi connectivity index (χ3n) is 1.49. The molecule has 0 aliphatic heterocycles. The molecule has 1 aromatic rings. The second kappa shape index (κ2) is 3.16. The highest BCUT2D eigenvalue weighted by atomic mass is 16.2. The standard InChI is InChI=1S/C6H10N4O/c1-5(6(11)9-7)10-3-2-8-4-10/h2-5H,7H2,1H3,(H,9,11)/t5-/m0/s1. The molecule has 5 nitrogen and oxygen atoms in total. The molecule has 11 heavy (non-hydrogen) atoms. The lowest BCUT2D eigenvalue weighted by Gasteiger charge is -2.09. The van der Waals surface area contributed by atoms with E-state index >= 15 is 0 Å². The van der Waals surface area contributed by atoms with Gasteiger partial charge in [0.25, 0.3) is 5.91 Å². The molecule has 1 rings (SSSR count). The summed E-state index contributed by atoms with van der Waals surface area (Å²) in [7, 11) is 0. The Balaban J connectivity index is 2.70. The van der Waals surface area contributed by atoms with Crippen LogP contribution in [0.4, 0.5) is 0 Å². The van der Waals surface area contributed by atoms with Gasteiger partial charge in [0, 0.05) is 12.4 Å². The lowest BCUT2D eigenvalue weighted by atomic mass is 10.3. The molecule has 0 saturated carbocycles. The number of nitrogens with zero attached hydrogens (tertiary/aromatic N) is 2. The first kappa shape index (κ1) is 7.74. The fourth-order valence-electron chi connectivity index (χ4n) is 0.755. The van der Waals surface area contributed by atoms with Crippen LogP contribution in [0.25, 0.3) is 0 Å². The normalized spacial score (nSPS) is 12.5. The summed E-state index contributed by atoms with van der Waals surface area (Å²) in [5, 5.41) is 0. The van der Waals surface area contributed by atoms with E-state index in [0.29, 0.717) is 0 Å². The number of carbonyl (C=O) groups excluding carboxylic acids is 1. The number of hydrazine groups is 1. The van der Waals surface area contributed by atoms with E-state index in [1.165, 1.54) is 0 Å². The van der Waals surface area contributed by atoms with E-state index < -0.39 is 0 Å². The van der Waals surface area contributed by atoms with Crippen molar-refractivity contribution in [2.75, 3.05) is 0 Å². The average molecular weight is 154 g/mol. The Kier molecular flexibility index (Phi) is 2.22. The molecule has 0 aliphatic rings. The van der Waals surface area contributed by atoms with Gasteiger partial charge in [-0.25, -0.2) is 10.8 Å². The summed E-state index contributed by atoms with van der Waals surface area (Å²) in [6.07, 6.45) is 4.89. The third-order valence-corrected chi connectivity index (χ3v) is 1.49. The van der Waals surface area contributed by atoms with Crippen molar-refractivity contribution in [3.05, 3.63) is 18.7 Å². The molecule has 0 fully saturated rings. The third kappa shape index (κ3) is 1.56. The van der Waals surface area contributed by atoms with Crippen LogP contribution in [0.5, 0.6) is 0 Å². The number of imidazole rings is 1. The minimum absolute atomic E-state index is 0.233. The molecular weight excluding hydrogens is 144 g/mol. The van der Waals surface area contributed by atoms with Crippen molar-refractivity contribution < 1.29 is 4.79 Å². The molecule has 0 spiro atoms. The number of hydrogen-bond donors (Lipinski definition) is 2. The Morgan fingerprint density at radius 3 is 3.00 bits per heavy atom. The maximum Gasteiger partial charge on any atom is 0.256 e. The fraction of sp³-hybridized carbons (Fsp3) is 0.333. The lowest BCUT2D eigenvalue weighted by molar-refractivity contribution is -0.123. The molecule has 0 saturated heterocycles. The van der Waals surface area contributed by atoms with Gasteiger partial charge in [-0.2, -0.15) is 0 Å². The van der Waals surface area contributed by atoms with Crippen molar-refractivity contribution in [3.8, 4) is 0 Å². The number of rotatable bonds is 2. The topological polar surface area (TPSA) is 72.9 Å². The van der Waals surface area contributed by atoms with Crippen molar-refractivity contribution in [2.24, 2.45) is 5.84 Å². The molecule has 60 valence electrons. The molecule has 0 bridgehead atoms. The van der Waals surface area contributed by atoms with Crippen LogP contribution in [0.1, 0.15) is 13.0 Å². The Morgan fingerprint density at radius 1 is 1.82 bits per heavy atom. The molecule has 0 unspecified atom stereocenters. The first-order valence-electron chi connectivity index (χ1n) is 3.23. The SMILES string of the molecule is C[C@@H](C(=O)NN)n1ccnc1. The number of hydrogen-bond acceptors (Lipinski definition) is 3. The molecule has 1 atom stereocenters. The average Bonchev–Trinajstić information content (AvgIpc) is 2.53. The molecule has 3 N–H and O–H groups in total. The van der Waals surface area contributed by atoms with Crippen molar-refractivity contribution in [3.63, 3.8) is 0 Å². The van der Waals surface area contributed by atoms with Crippen LogP contribution >= 0.6 is 0 Å². The summed E-state index contributed by atoms with van der Waals surface area (Å²) in [5.41, 5.74) is 2.07. The summed E-state index contributed by atoms with van der Waals surface area (Å²) >= 11 is 0. The van der Waals surface area contributed by atoms with Crippen LogP contribution in [-0.4, -0.2) is 15.5 Å². The van der Waals surface area contributed by atoms with E-state index in [1.54, 1.807) is 30.2 Å². The number of amides is 1. The number of nitrogens with two attached hydrogens (primary N) is 1. The molecule has 0 radical (unpaired) electrons. The zero-order valence-corrected chi connectivity index (χ0v) is 6.19. The molecule has 1 heterocycles. The molecule has 0 aliphatic carbocycles. The van der Waals surface area contributed by atoms with Gasteiger partial charge in [-0.3, -0.25) is 10.2 Å². The molecule has 0 aromatic carbocycles. The zero-order valence-electron chi connectivity index (χ0n) is 6.19. The Morgan fingerprint density at radius 2 is 2.55 bits per heavy atom. The summed E-state index contributed by atoms with van der Waals surface area (Å²) in [6, 6.07) is -0.303. The summed E-state index contributed by atoms with van der Waals surface area (Å²) in [5.74, 6) is 4.71. The summed E-state index contributed by atoms with van der Waals surface area (Å²) in [4.78, 5) is 14.7. The van der Waals surface area contributed by atoms with Crippen LogP contribution in [-0.2, 0) is 4.79 Å².